The van der Waals surface area contributed by atoms with Crippen molar-refractivity contribution < 1.29 is 7.87 Å². The van der Waals surface area contributed by atoms with Crippen molar-refractivity contribution >= 4 is 28.9 Å². The number of unbranched alkanes of at least 4 members (excludes halogenated alkanes) is 3. The predicted molar refractivity (Wildman–Crippen MR) is 77.0 cm³/mol. The van der Waals surface area contributed by atoms with Gasteiger partial charge in [0.05, 0.1) is 0 Å². The second-order valence-corrected chi connectivity index (χ2v) is 6.25. The van der Waals surface area contributed by atoms with Crippen molar-refractivity contribution in [2.24, 2.45) is 5.41 Å². The molecule has 0 amide bonds. The van der Waals surface area contributed by atoms with Gasteiger partial charge in [-0.25, -0.2) is 0 Å². The molecule has 3 heteroatoms. The summed E-state index contributed by atoms with van der Waals surface area (Å²) in [4.78, 5) is 12.2. The van der Waals surface area contributed by atoms with Crippen LogP contribution in [0.3, 0.4) is 0 Å². The molecular formula is C14H30O2Sn. The molecule has 0 aromatic carbocycles. The Morgan fingerprint density at radius 1 is 0.941 bits per heavy atom. The maximum atomic E-state index is 12.2. The number of hydrogen-bond donors (Lipinski definition) is 0. The summed E-state index contributed by atoms with van der Waals surface area (Å²) in [5.41, 5.74) is -0.145. The summed E-state index contributed by atoms with van der Waals surface area (Å²) in [6, 6.07) is 0. The van der Waals surface area contributed by atoms with Gasteiger partial charge in [0.15, 0.2) is 0 Å². The molecule has 0 spiro atoms. The Morgan fingerprint density at radius 3 is 1.53 bits per heavy atom. The summed E-state index contributed by atoms with van der Waals surface area (Å²) >= 11 is 0.0188. The average Bonchev–Trinajstić information content (AvgIpc) is 2.37. The van der Waals surface area contributed by atoms with Gasteiger partial charge < -0.3 is 0 Å². The molecule has 0 radical (unpaired) electrons. The quantitative estimate of drug-likeness (QED) is 0.566. The van der Waals surface area contributed by atoms with Gasteiger partial charge in [-0.15, -0.1) is 0 Å². The minimum absolute atomic E-state index is 0.0188. The molecule has 17 heavy (non-hydrogen) atoms. The van der Waals surface area contributed by atoms with Crippen molar-refractivity contribution in [2.75, 3.05) is 0 Å². The van der Waals surface area contributed by atoms with E-state index in [1.54, 1.807) is 0 Å². The molecule has 0 aromatic heterocycles. The number of rotatable bonds is 10. The monoisotopic (exact) mass is 350 g/mol. The van der Waals surface area contributed by atoms with Gasteiger partial charge in [-0.1, -0.05) is 0 Å². The summed E-state index contributed by atoms with van der Waals surface area (Å²) in [5, 5.41) is 0. The van der Waals surface area contributed by atoms with Gasteiger partial charge in [0, 0.05) is 0 Å². The van der Waals surface area contributed by atoms with E-state index in [1.165, 1.54) is 19.3 Å². The van der Waals surface area contributed by atoms with E-state index in [1.807, 2.05) is 0 Å². The summed E-state index contributed by atoms with van der Waals surface area (Å²) < 4.78 is 5.28. The van der Waals surface area contributed by atoms with Crippen LogP contribution in [0, 0.1) is 5.41 Å². The van der Waals surface area contributed by atoms with Crippen LogP contribution in [0.25, 0.3) is 0 Å². The topological polar surface area (TPSA) is 26.3 Å². The Kier molecular flexibility index (Phi) is 10.4. The fourth-order valence-electron chi connectivity index (χ4n) is 2.44. The van der Waals surface area contributed by atoms with E-state index in [0.717, 1.165) is 38.5 Å². The summed E-state index contributed by atoms with van der Waals surface area (Å²) in [6.45, 7) is 6.59. The van der Waals surface area contributed by atoms with Crippen LogP contribution in [0.2, 0.25) is 0 Å². The van der Waals surface area contributed by atoms with Gasteiger partial charge in [0.1, 0.15) is 0 Å². The minimum atomic E-state index is -0.145. The van der Waals surface area contributed by atoms with E-state index < -0.39 is 0 Å². The molecular weight excluding hydrogens is 319 g/mol. The van der Waals surface area contributed by atoms with Crippen LogP contribution in [0.1, 0.15) is 78.6 Å². The fourth-order valence-corrected chi connectivity index (χ4v) is 3.68. The van der Waals surface area contributed by atoms with Crippen LogP contribution < -0.4 is 0 Å². The van der Waals surface area contributed by atoms with E-state index in [2.05, 4.69) is 20.8 Å². The van der Waals surface area contributed by atoms with Gasteiger partial charge in [-0.2, -0.15) is 0 Å². The van der Waals surface area contributed by atoms with E-state index >= 15 is 0 Å². The molecule has 0 bridgehead atoms. The van der Waals surface area contributed by atoms with Crippen molar-refractivity contribution in [3.05, 3.63) is 0 Å². The summed E-state index contributed by atoms with van der Waals surface area (Å²) in [6.07, 6.45) is 10.0. The molecule has 0 N–H and O–H groups in total. The third-order valence-corrected chi connectivity index (χ3v) is 4.70. The summed E-state index contributed by atoms with van der Waals surface area (Å²) in [5.74, 6) is 0.114. The van der Waals surface area contributed by atoms with Crippen LogP contribution in [0.5, 0.6) is 0 Å². The zero-order chi connectivity index (χ0) is 13.1. The third kappa shape index (κ3) is 6.12. The molecule has 0 atom stereocenters. The Labute approximate surface area is 121 Å². The molecule has 0 aromatic rings. The number of hydrogen-bond acceptors (Lipinski definition) is 2. The molecule has 0 saturated heterocycles. The summed E-state index contributed by atoms with van der Waals surface area (Å²) in [7, 11) is 0. The average molecular weight is 349 g/mol. The van der Waals surface area contributed by atoms with Crippen molar-refractivity contribution in [1.82, 2.24) is 0 Å². The van der Waals surface area contributed by atoms with E-state index in [0.29, 0.717) is 0 Å². The molecule has 0 saturated carbocycles. The molecule has 0 heterocycles. The molecule has 0 unspecified atom stereocenters. The van der Waals surface area contributed by atoms with Crippen LogP contribution >= 0.6 is 0 Å². The molecule has 0 aliphatic rings. The maximum absolute atomic E-state index is 12.2. The van der Waals surface area contributed by atoms with Crippen LogP contribution in [-0.2, 0) is 7.87 Å². The van der Waals surface area contributed by atoms with E-state index in [4.69, 9.17) is 3.07 Å². The van der Waals surface area contributed by atoms with Crippen molar-refractivity contribution in [3.63, 3.8) is 0 Å². The first kappa shape index (κ1) is 17.3. The van der Waals surface area contributed by atoms with Crippen molar-refractivity contribution in [1.29, 1.82) is 0 Å². The van der Waals surface area contributed by atoms with Crippen molar-refractivity contribution in [3.8, 4) is 0 Å². The first-order valence-electron chi connectivity index (χ1n) is 7.25. The van der Waals surface area contributed by atoms with E-state index in [-0.39, 0.29) is 34.3 Å². The molecule has 0 aliphatic carbocycles. The van der Waals surface area contributed by atoms with Gasteiger partial charge in [0.25, 0.3) is 0 Å². The van der Waals surface area contributed by atoms with Gasteiger partial charge in [-0.05, 0) is 0 Å². The predicted octanol–water partition coefficient (Wildman–Crippen LogP) is 3.37. The van der Waals surface area contributed by atoms with Gasteiger partial charge >= 0.3 is 121 Å². The fraction of sp³-hybridized carbons (Fsp3) is 0.929. The zero-order valence-electron chi connectivity index (χ0n) is 12.2. The molecule has 0 rings (SSSR count). The zero-order valence-corrected chi connectivity index (χ0v) is 17.9. The van der Waals surface area contributed by atoms with Crippen LogP contribution in [0.15, 0.2) is 0 Å². The second-order valence-electron chi connectivity index (χ2n) is 5.08. The van der Waals surface area contributed by atoms with Crippen molar-refractivity contribution in [2.45, 2.75) is 78.6 Å². The Hall–Kier alpha value is 0.269. The number of carbonyl (C=O) groups excluding carboxylic acids is 1. The van der Waals surface area contributed by atoms with Crippen LogP contribution in [-0.4, -0.2) is 28.9 Å². The Balaban J connectivity index is 4.70. The second kappa shape index (κ2) is 10.2. The van der Waals surface area contributed by atoms with Gasteiger partial charge in [-0.3, -0.25) is 0 Å². The first-order valence-corrected chi connectivity index (χ1v) is 9.58. The normalized spacial score (nSPS) is 11.7. The SMILES string of the molecule is CCCCC(CCCC)(CCCC)C(=O)[O][SnH3]. The standard InChI is InChI=1S/C14H28O2.Sn.3H/c1-4-7-10-14(13(15)16,11-8-5-2)12-9-6-3;;;;/h4-12H2,1-3H3,(H,15,16);;;;/q;+1;;;/p-1. The molecule has 0 aliphatic heterocycles. The molecule has 102 valence electrons. The first-order chi connectivity index (χ1) is 8.16. The molecule has 0 fully saturated rings. The van der Waals surface area contributed by atoms with E-state index in [9.17, 15) is 4.79 Å². The number of carbonyl (C=O) groups is 1. The van der Waals surface area contributed by atoms with Crippen LogP contribution in [0.4, 0.5) is 0 Å². The molecule has 2 nitrogen and oxygen atoms in total. The van der Waals surface area contributed by atoms with Gasteiger partial charge in [0.2, 0.25) is 0 Å². The Bertz CT molecular complexity index is 183. The third-order valence-electron chi connectivity index (χ3n) is 3.65. The Morgan fingerprint density at radius 2 is 1.29 bits per heavy atom.